The van der Waals surface area contributed by atoms with E-state index in [0.717, 1.165) is 37.9 Å². The zero-order valence-electron chi connectivity index (χ0n) is 11.7. The SMILES string of the molecule is Cn1ccc([C@@H]2CCCCCN2C(=O)c2ccco2)n1. The van der Waals surface area contributed by atoms with Gasteiger partial charge in [0.15, 0.2) is 5.76 Å². The topological polar surface area (TPSA) is 51.3 Å². The van der Waals surface area contributed by atoms with Crippen molar-refractivity contribution < 1.29 is 9.21 Å². The van der Waals surface area contributed by atoms with Crippen molar-refractivity contribution in [2.75, 3.05) is 6.54 Å². The van der Waals surface area contributed by atoms with Gasteiger partial charge >= 0.3 is 0 Å². The van der Waals surface area contributed by atoms with Crippen LogP contribution in [-0.4, -0.2) is 27.1 Å². The van der Waals surface area contributed by atoms with Gasteiger partial charge in [-0.15, -0.1) is 0 Å². The summed E-state index contributed by atoms with van der Waals surface area (Å²) < 4.78 is 7.05. The third-order valence-corrected chi connectivity index (χ3v) is 3.82. The Balaban J connectivity index is 1.89. The van der Waals surface area contributed by atoms with Crippen LogP contribution >= 0.6 is 0 Å². The van der Waals surface area contributed by atoms with Crippen molar-refractivity contribution in [2.24, 2.45) is 7.05 Å². The van der Waals surface area contributed by atoms with Gasteiger partial charge < -0.3 is 9.32 Å². The Morgan fingerprint density at radius 2 is 2.25 bits per heavy atom. The van der Waals surface area contributed by atoms with E-state index in [9.17, 15) is 4.79 Å². The standard InChI is InChI=1S/C15H19N3O2/c1-17-10-8-12(16-17)13-6-3-2-4-9-18(13)15(19)14-7-5-11-20-14/h5,7-8,10-11,13H,2-4,6,9H2,1H3/t13-/m0/s1. The van der Waals surface area contributed by atoms with Gasteiger partial charge in [0.05, 0.1) is 18.0 Å². The van der Waals surface area contributed by atoms with Crippen molar-refractivity contribution in [1.82, 2.24) is 14.7 Å². The molecule has 106 valence electrons. The van der Waals surface area contributed by atoms with E-state index in [1.54, 1.807) is 23.1 Å². The molecule has 1 amide bonds. The van der Waals surface area contributed by atoms with E-state index in [1.807, 2.05) is 24.2 Å². The van der Waals surface area contributed by atoms with Crippen LogP contribution in [-0.2, 0) is 7.05 Å². The van der Waals surface area contributed by atoms with Crippen LogP contribution in [0.4, 0.5) is 0 Å². The molecule has 5 nitrogen and oxygen atoms in total. The predicted octanol–water partition coefficient (Wildman–Crippen LogP) is 2.77. The van der Waals surface area contributed by atoms with E-state index < -0.39 is 0 Å². The minimum Gasteiger partial charge on any atom is -0.459 e. The van der Waals surface area contributed by atoms with Gasteiger partial charge in [-0.3, -0.25) is 9.48 Å². The van der Waals surface area contributed by atoms with Crippen LogP contribution in [0, 0.1) is 0 Å². The normalized spacial score (nSPS) is 19.9. The van der Waals surface area contributed by atoms with Gasteiger partial charge in [0.2, 0.25) is 0 Å². The first kappa shape index (κ1) is 13.0. The zero-order chi connectivity index (χ0) is 13.9. The van der Waals surface area contributed by atoms with Crippen molar-refractivity contribution in [3.63, 3.8) is 0 Å². The Morgan fingerprint density at radius 1 is 1.35 bits per heavy atom. The van der Waals surface area contributed by atoms with Gasteiger partial charge in [0.25, 0.3) is 5.91 Å². The molecular formula is C15H19N3O2. The maximum absolute atomic E-state index is 12.6. The summed E-state index contributed by atoms with van der Waals surface area (Å²) in [5.41, 5.74) is 0.967. The summed E-state index contributed by atoms with van der Waals surface area (Å²) in [6, 6.07) is 5.53. The van der Waals surface area contributed by atoms with Crippen LogP contribution < -0.4 is 0 Å². The summed E-state index contributed by atoms with van der Waals surface area (Å²) in [6.07, 6.45) is 7.75. The molecule has 20 heavy (non-hydrogen) atoms. The Labute approximate surface area is 118 Å². The molecule has 0 saturated carbocycles. The number of aryl methyl sites for hydroxylation is 1. The van der Waals surface area contributed by atoms with E-state index in [0.29, 0.717) is 5.76 Å². The van der Waals surface area contributed by atoms with Gasteiger partial charge in [-0.25, -0.2) is 0 Å². The number of hydrogen-bond acceptors (Lipinski definition) is 3. The molecule has 3 rings (SSSR count). The smallest absolute Gasteiger partial charge is 0.290 e. The lowest BCUT2D eigenvalue weighted by molar-refractivity contribution is 0.0643. The van der Waals surface area contributed by atoms with Crippen molar-refractivity contribution in [3.05, 3.63) is 42.1 Å². The quantitative estimate of drug-likeness (QED) is 0.845. The highest BCUT2D eigenvalue weighted by Gasteiger charge is 2.30. The molecule has 0 bridgehead atoms. The summed E-state index contributed by atoms with van der Waals surface area (Å²) in [5.74, 6) is 0.375. The number of rotatable bonds is 2. The number of hydrogen-bond donors (Lipinski definition) is 0. The Kier molecular flexibility index (Phi) is 3.58. The monoisotopic (exact) mass is 273 g/mol. The minimum absolute atomic E-state index is 0.0347. The molecule has 2 aromatic heterocycles. The van der Waals surface area contributed by atoms with Crippen LogP contribution in [0.5, 0.6) is 0 Å². The first-order chi connectivity index (χ1) is 9.75. The number of amides is 1. The summed E-state index contributed by atoms with van der Waals surface area (Å²) in [5, 5.41) is 4.48. The highest BCUT2D eigenvalue weighted by atomic mass is 16.3. The summed E-state index contributed by atoms with van der Waals surface area (Å²) in [6.45, 7) is 0.765. The fourth-order valence-corrected chi connectivity index (χ4v) is 2.81. The summed E-state index contributed by atoms with van der Waals surface area (Å²) >= 11 is 0. The third kappa shape index (κ3) is 2.48. The van der Waals surface area contributed by atoms with Gasteiger partial charge in [-0.1, -0.05) is 12.8 Å². The fraction of sp³-hybridized carbons (Fsp3) is 0.467. The number of likely N-dealkylation sites (tertiary alicyclic amines) is 1. The van der Waals surface area contributed by atoms with Gasteiger partial charge in [-0.2, -0.15) is 5.10 Å². The fourth-order valence-electron chi connectivity index (χ4n) is 2.81. The number of carbonyl (C=O) groups excluding carboxylic acids is 1. The van der Waals surface area contributed by atoms with Crippen LogP contribution in [0.3, 0.4) is 0 Å². The highest BCUT2D eigenvalue weighted by molar-refractivity contribution is 5.91. The molecule has 1 atom stereocenters. The Bertz CT molecular complexity index is 574. The second-order valence-electron chi connectivity index (χ2n) is 5.26. The molecule has 0 aliphatic carbocycles. The van der Waals surface area contributed by atoms with Gasteiger partial charge in [0, 0.05) is 19.8 Å². The molecule has 5 heteroatoms. The average Bonchev–Trinajstić information content (AvgIpc) is 3.05. The molecule has 0 aromatic carbocycles. The molecule has 1 fully saturated rings. The van der Waals surface area contributed by atoms with Crippen molar-refractivity contribution >= 4 is 5.91 Å². The second kappa shape index (κ2) is 5.53. The largest absolute Gasteiger partial charge is 0.459 e. The molecule has 2 aromatic rings. The number of nitrogens with zero attached hydrogens (tertiary/aromatic N) is 3. The number of carbonyl (C=O) groups is 1. The van der Waals surface area contributed by atoms with Crippen LogP contribution in [0.25, 0.3) is 0 Å². The lowest BCUT2D eigenvalue weighted by atomic mass is 10.1. The molecule has 1 aliphatic rings. The van der Waals surface area contributed by atoms with E-state index in [2.05, 4.69) is 5.10 Å². The maximum atomic E-state index is 12.6. The van der Waals surface area contributed by atoms with Gasteiger partial charge in [-0.05, 0) is 31.0 Å². The average molecular weight is 273 g/mol. The number of furan rings is 1. The highest BCUT2D eigenvalue weighted by Crippen LogP contribution is 2.30. The van der Waals surface area contributed by atoms with Crippen LogP contribution in [0.2, 0.25) is 0 Å². The molecule has 3 heterocycles. The third-order valence-electron chi connectivity index (χ3n) is 3.82. The summed E-state index contributed by atoms with van der Waals surface area (Å²) in [4.78, 5) is 14.5. The van der Waals surface area contributed by atoms with Crippen molar-refractivity contribution in [3.8, 4) is 0 Å². The molecular weight excluding hydrogens is 254 g/mol. The molecule has 0 spiro atoms. The molecule has 1 aliphatic heterocycles. The molecule has 0 unspecified atom stereocenters. The lowest BCUT2D eigenvalue weighted by Gasteiger charge is -2.28. The van der Waals surface area contributed by atoms with Gasteiger partial charge in [0.1, 0.15) is 0 Å². The molecule has 0 N–H and O–H groups in total. The Hall–Kier alpha value is -2.04. The lowest BCUT2D eigenvalue weighted by Crippen LogP contribution is -2.34. The summed E-state index contributed by atoms with van der Waals surface area (Å²) in [7, 11) is 1.90. The van der Waals surface area contributed by atoms with Crippen molar-refractivity contribution in [2.45, 2.75) is 31.7 Å². The van der Waals surface area contributed by atoms with Crippen LogP contribution in [0.15, 0.2) is 35.1 Å². The van der Waals surface area contributed by atoms with E-state index in [1.165, 1.54) is 0 Å². The van der Waals surface area contributed by atoms with Crippen molar-refractivity contribution in [1.29, 1.82) is 0 Å². The number of aromatic nitrogens is 2. The first-order valence-electron chi connectivity index (χ1n) is 7.10. The van der Waals surface area contributed by atoms with E-state index in [4.69, 9.17) is 4.42 Å². The molecule has 1 saturated heterocycles. The van der Waals surface area contributed by atoms with E-state index in [-0.39, 0.29) is 11.9 Å². The molecule has 0 radical (unpaired) electrons. The first-order valence-corrected chi connectivity index (χ1v) is 7.10. The van der Waals surface area contributed by atoms with Crippen LogP contribution in [0.1, 0.15) is 48.0 Å². The Morgan fingerprint density at radius 3 is 2.95 bits per heavy atom. The predicted molar refractivity (Wildman–Crippen MR) is 74.2 cm³/mol. The maximum Gasteiger partial charge on any atom is 0.290 e. The second-order valence-corrected chi connectivity index (χ2v) is 5.26. The minimum atomic E-state index is -0.0347. The zero-order valence-corrected chi connectivity index (χ0v) is 11.7. The van der Waals surface area contributed by atoms with E-state index >= 15 is 0 Å².